The summed E-state index contributed by atoms with van der Waals surface area (Å²) in [6.07, 6.45) is 3.67. The van der Waals surface area contributed by atoms with Crippen LogP contribution in [0.2, 0.25) is 0 Å². The van der Waals surface area contributed by atoms with Crippen LogP contribution in [0.3, 0.4) is 0 Å². The summed E-state index contributed by atoms with van der Waals surface area (Å²) in [5, 5.41) is 8.27. The number of rotatable bonds is 5. The van der Waals surface area contributed by atoms with Crippen LogP contribution in [-0.2, 0) is 18.3 Å². The zero-order chi connectivity index (χ0) is 18.6. The van der Waals surface area contributed by atoms with Crippen LogP contribution in [0.1, 0.15) is 15.2 Å². The average molecular weight is 382 g/mol. The van der Waals surface area contributed by atoms with Crippen molar-refractivity contribution >= 4 is 22.2 Å². The van der Waals surface area contributed by atoms with Gasteiger partial charge in [-0.1, -0.05) is 30.3 Å². The molecule has 0 aliphatic carbocycles. The molecule has 27 heavy (non-hydrogen) atoms. The van der Waals surface area contributed by atoms with E-state index in [1.54, 1.807) is 22.2 Å². The largest absolute Gasteiger partial charge is 0.378 e. The van der Waals surface area contributed by atoms with E-state index < -0.39 is 0 Å². The fourth-order valence-electron chi connectivity index (χ4n) is 3.15. The maximum Gasteiger partial charge on any atom is 0.261 e. The molecule has 7 heteroatoms. The van der Waals surface area contributed by atoms with E-state index >= 15 is 0 Å². The Morgan fingerprint density at radius 1 is 1.26 bits per heavy atom. The molecule has 0 unspecified atom stereocenters. The zero-order valence-electron chi connectivity index (χ0n) is 15.2. The minimum atomic E-state index is -0.0551. The molecule has 3 aromatic rings. The Labute approximate surface area is 162 Å². The highest BCUT2D eigenvalue weighted by atomic mass is 32.1. The second-order valence-corrected chi connectivity index (χ2v) is 7.53. The molecule has 140 valence electrons. The van der Waals surface area contributed by atoms with Gasteiger partial charge in [0, 0.05) is 44.0 Å². The van der Waals surface area contributed by atoms with Crippen LogP contribution in [0.5, 0.6) is 0 Å². The summed E-state index contributed by atoms with van der Waals surface area (Å²) in [5.74, 6) is -0.0551. The smallest absolute Gasteiger partial charge is 0.261 e. The van der Waals surface area contributed by atoms with Crippen molar-refractivity contribution in [1.82, 2.24) is 15.1 Å². The molecule has 1 aliphatic heterocycles. The summed E-state index contributed by atoms with van der Waals surface area (Å²) in [7, 11) is 1.87. The fraction of sp³-hybridized carbons (Fsp3) is 0.300. The number of nitrogens with one attached hydrogen (secondary N) is 1. The molecule has 1 saturated heterocycles. The van der Waals surface area contributed by atoms with E-state index in [4.69, 9.17) is 4.74 Å². The van der Waals surface area contributed by atoms with Crippen molar-refractivity contribution in [2.24, 2.45) is 7.05 Å². The van der Waals surface area contributed by atoms with Gasteiger partial charge >= 0.3 is 0 Å². The molecule has 4 rings (SSSR count). The summed E-state index contributed by atoms with van der Waals surface area (Å²) < 4.78 is 7.22. The molecule has 0 radical (unpaired) electrons. The topological polar surface area (TPSA) is 59.4 Å². The molecular weight excluding hydrogens is 360 g/mol. The lowest BCUT2D eigenvalue weighted by Crippen LogP contribution is -2.35. The van der Waals surface area contributed by atoms with Crippen LogP contribution in [0, 0.1) is 0 Å². The molecule has 1 aliphatic rings. The minimum Gasteiger partial charge on any atom is -0.378 e. The minimum absolute atomic E-state index is 0.0551. The summed E-state index contributed by atoms with van der Waals surface area (Å²) in [6, 6.07) is 12.2. The fourth-order valence-corrected chi connectivity index (χ4v) is 4.30. The van der Waals surface area contributed by atoms with Crippen molar-refractivity contribution in [2.75, 3.05) is 31.2 Å². The van der Waals surface area contributed by atoms with E-state index in [1.165, 1.54) is 0 Å². The van der Waals surface area contributed by atoms with Crippen LogP contribution in [0.4, 0.5) is 5.00 Å². The molecule has 0 spiro atoms. The van der Waals surface area contributed by atoms with E-state index in [2.05, 4.69) is 27.4 Å². The van der Waals surface area contributed by atoms with Gasteiger partial charge in [-0.25, -0.2) is 0 Å². The summed E-state index contributed by atoms with van der Waals surface area (Å²) in [6.45, 7) is 3.59. The van der Waals surface area contributed by atoms with Crippen LogP contribution in [0.25, 0.3) is 11.1 Å². The van der Waals surface area contributed by atoms with E-state index in [9.17, 15) is 4.79 Å². The Morgan fingerprint density at radius 3 is 2.74 bits per heavy atom. The van der Waals surface area contributed by atoms with Crippen LogP contribution < -0.4 is 10.2 Å². The average Bonchev–Trinajstić information content (AvgIpc) is 3.34. The SMILES string of the molecule is Cn1cc(CNC(=O)c2cc(-c3ccccc3)c(N3CCOCC3)s2)cn1. The Morgan fingerprint density at radius 2 is 2.04 bits per heavy atom. The van der Waals surface area contributed by atoms with Gasteiger partial charge in [-0.3, -0.25) is 9.48 Å². The second kappa shape index (κ2) is 7.94. The van der Waals surface area contributed by atoms with Crippen molar-refractivity contribution in [2.45, 2.75) is 6.54 Å². The lowest BCUT2D eigenvalue weighted by molar-refractivity contribution is 0.0955. The molecule has 0 saturated carbocycles. The van der Waals surface area contributed by atoms with E-state index in [0.29, 0.717) is 19.8 Å². The lowest BCUT2D eigenvalue weighted by Gasteiger charge is -2.28. The van der Waals surface area contributed by atoms with E-state index in [-0.39, 0.29) is 5.91 Å². The molecule has 1 fully saturated rings. The Kier molecular flexibility index (Phi) is 5.22. The number of anilines is 1. The van der Waals surface area contributed by atoms with E-state index in [0.717, 1.165) is 39.7 Å². The van der Waals surface area contributed by atoms with Gasteiger partial charge in [0.05, 0.1) is 29.3 Å². The number of nitrogens with zero attached hydrogens (tertiary/aromatic N) is 3. The third-order valence-corrected chi connectivity index (χ3v) is 5.73. The third kappa shape index (κ3) is 4.04. The van der Waals surface area contributed by atoms with Gasteiger partial charge in [0.25, 0.3) is 5.91 Å². The summed E-state index contributed by atoms with van der Waals surface area (Å²) in [4.78, 5) is 15.8. The van der Waals surface area contributed by atoms with Crippen molar-refractivity contribution in [3.63, 3.8) is 0 Å². The number of carbonyl (C=O) groups is 1. The van der Waals surface area contributed by atoms with Crippen molar-refractivity contribution in [3.05, 3.63) is 59.2 Å². The molecule has 6 nitrogen and oxygen atoms in total. The highest BCUT2D eigenvalue weighted by molar-refractivity contribution is 7.18. The predicted octanol–water partition coefficient (Wildman–Crippen LogP) is 2.92. The number of aryl methyl sites for hydroxylation is 1. The third-order valence-electron chi connectivity index (χ3n) is 4.53. The van der Waals surface area contributed by atoms with Gasteiger partial charge in [-0.15, -0.1) is 11.3 Å². The monoisotopic (exact) mass is 382 g/mol. The number of benzene rings is 1. The van der Waals surface area contributed by atoms with Crippen LogP contribution in [0.15, 0.2) is 48.8 Å². The Balaban J connectivity index is 1.59. The molecule has 1 N–H and O–H groups in total. The molecule has 2 aromatic heterocycles. The standard InChI is InChI=1S/C20H22N4O2S/c1-23-14-15(13-22-23)12-21-19(25)18-11-17(16-5-3-2-4-6-16)20(27-18)24-7-9-26-10-8-24/h2-6,11,13-14H,7-10,12H2,1H3,(H,21,25). The van der Waals surface area contributed by atoms with Crippen molar-refractivity contribution < 1.29 is 9.53 Å². The van der Waals surface area contributed by atoms with E-state index in [1.807, 2.05) is 37.5 Å². The van der Waals surface area contributed by atoms with Gasteiger partial charge in [0.1, 0.15) is 0 Å². The first-order chi connectivity index (χ1) is 13.2. The van der Waals surface area contributed by atoms with Crippen molar-refractivity contribution in [3.8, 4) is 11.1 Å². The van der Waals surface area contributed by atoms with Gasteiger partial charge in [-0.2, -0.15) is 5.10 Å². The Hall–Kier alpha value is -2.64. The number of morpholine rings is 1. The Bertz CT molecular complexity index is 913. The van der Waals surface area contributed by atoms with Gasteiger partial charge in [0.15, 0.2) is 0 Å². The van der Waals surface area contributed by atoms with Crippen LogP contribution >= 0.6 is 11.3 Å². The normalized spacial score (nSPS) is 14.3. The molecule has 0 bridgehead atoms. The second-order valence-electron chi connectivity index (χ2n) is 6.50. The first-order valence-electron chi connectivity index (χ1n) is 8.98. The number of hydrogen-bond donors (Lipinski definition) is 1. The van der Waals surface area contributed by atoms with Gasteiger partial charge in [-0.05, 0) is 11.6 Å². The first kappa shape index (κ1) is 17.8. The number of aromatic nitrogens is 2. The van der Waals surface area contributed by atoms with Crippen molar-refractivity contribution in [1.29, 1.82) is 0 Å². The summed E-state index contributed by atoms with van der Waals surface area (Å²) >= 11 is 1.55. The predicted molar refractivity (Wildman–Crippen MR) is 107 cm³/mol. The molecular formula is C20H22N4O2S. The molecule has 1 aromatic carbocycles. The maximum absolute atomic E-state index is 12.7. The van der Waals surface area contributed by atoms with Gasteiger partial charge in [0.2, 0.25) is 0 Å². The highest BCUT2D eigenvalue weighted by Gasteiger charge is 2.21. The zero-order valence-corrected chi connectivity index (χ0v) is 16.0. The number of carbonyl (C=O) groups excluding carboxylic acids is 1. The lowest BCUT2D eigenvalue weighted by atomic mass is 10.1. The number of amides is 1. The number of hydrogen-bond acceptors (Lipinski definition) is 5. The molecule has 0 atom stereocenters. The maximum atomic E-state index is 12.7. The first-order valence-corrected chi connectivity index (χ1v) is 9.80. The number of ether oxygens (including phenoxy) is 1. The quantitative estimate of drug-likeness (QED) is 0.737. The van der Waals surface area contributed by atoms with Crippen LogP contribution in [-0.4, -0.2) is 42.0 Å². The summed E-state index contributed by atoms with van der Waals surface area (Å²) in [5.41, 5.74) is 3.22. The highest BCUT2D eigenvalue weighted by Crippen LogP contribution is 2.39. The molecule has 1 amide bonds. The molecule has 3 heterocycles. The van der Waals surface area contributed by atoms with Gasteiger partial charge < -0.3 is 15.0 Å². The number of thiophene rings is 1.